The monoisotopic (exact) mass is 428 g/mol. The first-order valence-electron chi connectivity index (χ1n) is 9.67. The molecule has 4 N–H and O–H groups in total. The van der Waals surface area contributed by atoms with Gasteiger partial charge < -0.3 is 30.1 Å². The largest absolute Gasteiger partial charge is 0.496 e. The molecule has 0 radical (unpaired) electrons. The molecule has 0 amide bonds. The Balaban J connectivity index is 1.78. The molecule has 0 spiro atoms. The number of rotatable bonds is 5. The summed E-state index contributed by atoms with van der Waals surface area (Å²) in [4.78, 5) is 1.65. The molecule has 5 unspecified atom stereocenters. The van der Waals surface area contributed by atoms with Crippen LogP contribution >= 0.6 is 12.2 Å². The zero-order valence-electron chi connectivity index (χ0n) is 16.4. The van der Waals surface area contributed by atoms with Crippen LogP contribution < -0.4 is 10.1 Å². The number of aliphatic hydroxyl groups excluding tert-OH is 3. The third-order valence-electron chi connectivity index (χ3n) is 5.40. The van der Waals surface area contributed by atoms with Crippen molar-refractivity contribution in [3.05, 3.63) is 71.8 Å². The first kappa shape index (κ1) is 20.8. The van der Waals surface area contributed by atoms with E-state index in [0.717, 1.165) is 22.6 Å². The Morgan fingerprint density at radius 3 is 2.43 bits per heavy atom. The first-order chi connectivity index (χ1) is 14.5. The summed E-state index contributed by atoms with van der Waals surface area (Å²) in [6.07, 6.45) is -2.31. The van der Waals surface area contributed by atoms with Crippen LogP contribution in [0.4, 0.5) is 0 Å². The Kier molecular flexibility index (Phi) is 6.03. The van der Waals surface area contributed by atoms with Crippen molar-refractivity contribution >= 4 is 23.0 Å². The number of hydrogen-bond acceptors (Lipinski definition) is 6. The Bertz CT molecular complexity index is 938. The lowest BCUT2D eigenvalue weighted by atomic mass is 9.99. The molecular formula is C22H24N2O5S. The number of benzene rings is 2. The molecule has 1 fully saturated rings. The Morgan fingerprint density at radius 2 is 1.77 bits per heavy atom. The van der Waals surface area contributed by atoms with Crippen molar-refractivity contribution in [3.8, 4) is 5.75 Å². The lowest BCUT2D eigenvalue weighted by molar-refractivity contribution is -0.0562. The predicted molar refractivity (Wildman–Crippen MR) is 115 cm³/mol. The second kappa shape index (κ2) is 8.71. The Morgan fingerprint density at radius 1 is 1.07 bits per heavy atom. The summed E-state index contributed by atoms with van der Waals surface area (Å²) in [6, 6.07) is 17.0. The molecule has 8 heteroatoms. The minimum Gasteiger partial charge on any atom is -0.496 e. The van der Waals surface area contributed by atoms with Crippen LogP contribution in [0, 0.1) is 0 Å². The quantitative estimate of drug-likeness (QED) is 0.531. The average molecular weight is 429 g/mol. The van der Waals surface area contributed by atoms with Crippen molar-refractivity contribution in [1.29, 1.82) is 0 Å². The van der Waals surface area contributed by atoms with Gasteiger partial charge in [-0.05, 0) is 29.9 Å². The second-order valence-corrected chi connectivity index (χ2v) is 7.57. The molecule has 5 atom stereocenters. The molecule has 0 saturated carbocycles. The number of aliphatic hydroxyl groups is 3. The van der Waals surface area contributed by atoms with Gasteiger partial charge in [0, 0.05) is 5.56 Å². The number of hydrogen-bond donors (Lipinski definition) is 4. The van der Waals surface area contributed by atoms with E-state index in [1.165, 1.54) is 0 Å². The van der Waals surface area contributed by atoms with E-state index < -0.39 is 31.1 Å². The summed E-state index contributed by atoms with van der Waals surface area (Å²) in [7, 11) is 1.62. The number of nitrogens with one attached hydrogen (secondary N) is 1. The van der Waals surface area contributed by atoms with E-state index in [2.05, 4.69) is 5.32 Å². The van der Waals surface area contributed by atoms with Crippen molar-refractivity contribution in [2.24, 2.45) is 0 Å². The summed E-state index contributed by atoms with van der Waals surface area (Å²) in [6.45, 7) is -0.406. The number of methoxy groups -OCH3 is 1. The summed E-state index contributed by atoms with van der Waals surface area (Å²) in [5, 5.41) is 33.9. The number of thiocarbonyl (C=S) groups is 1. The molecule has 2 aliphatic rings. The van der Waals surface area contributed by atoms with Gasteiger partial charge in [0.2, 0.25) is 0 Å². The van der Waals surface area contributed by atoms with Gasteiger partial charge in [-0.2, -0.15) is 0 Å². The number of nitrogens with zero attached hydrogens (tertiary/aromatic N) is 1. The van der Waals surface area contributed by atoms with Crippen LogP contribution in [0.1, 0.15) is 17.2 Å². The van der Waals surface area contributed by atoms with E-state index in [4.69, 9.17) is 21.7 Å². The van der Waals surface area contributed by atoms with Gasteiger partial charge in [0.15, 0.2) is 11.3 Å². The molecular weight excluding hydrogens is 404 g/mol. The molecule has 2 heterocycles. The molecule has 0 bridgehead atoms. The summed E-state index contributed by atoms with van der Waals surface area (Å²) >= 11 is 5.66. The van der Waals surface area contributed by atoms with Gasteiger partial charge in [0.05, 0.1) is 25.5 Å². The van der Waals surface area contributed by atoms with E-state index in [-0.39, 0.29) is 6.04 Å². The highest BCUT2D eigenvalue weighted by Crippen LogP contribution is 2.37. The molecule has 1 saturated heterocycles. The fourth-order valence-electron chi connectivity index (χ4n) is 3.87. The Labute approximate surface area is 180 Å². The third-order valence-corrected chi connectivity index (χ3v) is 5.71. The zero-order valence-corrected chi connectivity index (χ0v) is 17.2. The molecule has 0 aromatic heterocycles. The second-order valence-electron chi connectivity index (χ2n) is 7.19. The van der Waals surface area contributed by atoms with Crippen LogP contribution in [-0.2, 0) is 4.74 Å². The van der Waals surface area contributed by atoms with Gasteiger partial charge in [0.1, 0.15) is 24.1 Å². The van der Waals surface area contributed by atoms with E-state index in [0.29, 0.717) is 5.11 Å². The lowest BCUT2D eigenvalue weighted by Crippen LogP contribution is -2.52. The van der Waals surface area contributed by atoms with E-state index >= 15 is 0 Å². The van der Waals surface area contributed by atoms with E-state index in [1.807, 2.05) is 60.7 Å². The van der Waals surface area contributed by atoms with Gasteiger partial charge in [0.25, 0.3) is 0 Å². The lowest BCUT2D eigenvalue weighted by Gasteiger charge is -2.40. The number of para-hydroxylation sites is 1. The Hall–Kier alpha value is -2.49. The summed E-state index contributed by atoms with van der Waals surface area (Å²) < 4.78 is 11.3. The molecule has 4 rings (SSSR count). The van der Waals surface area contributed by atoms with Gasteiger partial charge in [-0.3, -0.25) is 4.90 Å². The van der Waals surface area contributed by atoms with Crippen molar-refractivity contribution in [2.45, 2.75) is 30.6 Å². The predicted octanol–water partition coefficient (Wildman–Crippen LogP) is 1.41. The summed E-state index contributed by atoms with van der Waals surface area (Å²) in [5.41, 5.74) is 2.51. The normalized spacial score (nSPS) is 28.8. The number of ether oxygens (including phenoxy) is 2. The van der Waals surface area contributed by atoms with Crippen molar-refractivity contribution in [1.82, 2.24) is 10.2 Å². The molecule has 2 aromatic rings. The fourth-order valence-corrected chi connectivity index (χ4v) is 4.20. The van der Waals surface area contributed by atoms with E-state index in [1.54, 1.807) is 12.0 Å². The summed E-state index contributed by atoms with van der Waals surface area (Å²) in [5.74, 6) is 0.725. The molecule has 7 nitrogen and oxygen atoms in total. The maximum atomic E-state index is 10.6. The maximum Gasteiger partial charge on any atom is 0.176 e. The van der Waals surface area contributed by atoms with Crippen LogP contribution in [0.25, 0.3) is 5.70 Å². The highest BCUT2D eigenvalue weighted by molar-refractivity contribution is 7.80. The van der Waals surface area contributed by atoms with Crippen LogP contribution in [0.3, 0.4) is 0 Å². The minimum absolute atomic E-state index is 0.266. The maximum absolute atomic E-state index is 10.6. The highest BCUT2D eigenvalue weighted by Gasteiger charge is 2.48. The average Bonchev–Trinajstić information content (AvgIpc) is 3.07. The highest BCUT2D eigenvalue weighted by atomic mass is 32.1. The fraction of sp³-hybridized carbons (Fsp3) is 0.318. The topological polar surface area (TPSA) is 94.4 Å². The van der Waals surface area contributed by atoms with E-state index in [9.17, 15) is 15.3 Å². The van der Waals surface area contributed by atoms with Crippen LogP contribution in [-0.4, -0.2) is 63.6 Å². The molecule has 0 aliphatic carbocycles. The smallest absolute Gasteiger partial charge is 0.176 e. The van der Waals surface area contributed by atoms with Gasteiger partial charge in [-0.1, -0.05) is 48.5 Å². The van der Waals surface area contributed by atoms with Crippen LogP contribution in [0.2, 0.25) is 0 Å². The third kappa shape index (κ3) is 3.68. The standard InChI is InChI=1S/C22H24N2O5S/c1-28-17-10-6-5-9-14(17)15-11-16(13-7-3-2-4-8-13)24(22(30)23-15)21-20(27)19(26)18(12-25)29-21/h2-11,15,18-21,25-27H,12H2,1H3,(H,23,30). The molecule has 158 valence electrons. The first-order valence-corrected chi connectivity index (χ1v) is 10.1. The minimum atomic E-state index is -1.24. The molecule has 2 aromatic carbocycles. The molecule has 30 heavy (non-hydrogen) atoms. The van der Waals surface area contributed by atoms with Gasteiger partial charge in [-0.25, -0.2) is 0 Å². The van der Waals surface area contributed by atoms with Gasteiger partial charge >= 0.3 is 0 Å². The zero-order chi connectivity index (χ0) is 21.3. The SMILES string of the molecule is COc1ccccc1C1C=C(c2ccccc2)N(C2OC(CO)C(O)C2O)C(=S)N1. The van der Waals surface area contributed by atoms with Crippen molar-refractivity contribution in [3.63, 3.8) is 0 Å². The van der Waals surface area contributed by atoms with Crippen molar-refractivity contribution in [2.75, 3.05) is 13.7 Å². The molecule has 2 aliphatic heterocycles. The van der Waals surface area contributed by atoms with Crippen molar-refractivity contribution < 1.29 is 24.8 Å². The van der Waals surface area contributed by atoms with Gasteiger partial charge in [-0.15, -0.1) is 0 Å². The van der Waals surface area contributed by atoms with Crippen LogP contribution in [0.15, 0.2) is 60.7 Å². The van der Waals surface area contributed by atoms with Crippen LogP contribution in [0.5, 0.6) is 5.75 Å².